The number of carbonyl (C=O) groups is 1. The van der Waals surface area contributed by atoms with Crippen molar-refractivity contribution in [3.63, 3.8) is 0 Å². The first-order valence-corrected chi connectivity index (χ1v) is 8.68. The minimum Gasteiger partial charge on any atom is -0.365 e. The van der Waals surface area contributed by atoms with E-state index in [1.165, 1.54) is 23.2 Å². The van der Waals surface area contributed by atoms with Crippen LogP contribution in [0.5, 0.6) is 0 Å². The molecule has 136 valence electrons. The summed E-state index contributed by atoms with van der Waals surface area (Å²) >= 11 is 6.04. The lowest BCUT2D eigenvalue weighted by Crippen LogP contribution is -2.26. The van der Waals surface area contributed by atoms with Gasteiger partial charge in [0.25, 0.3) is 5.91 Å². The summed E-state index contributed by atoms with van der Waals surface area (Å²) in [5, 5.41) is 12.6. The van der Waals surface area contributed by atoms with Crippen LogP contribution in [0.25, 0.3) is 6.08 Å². The maximum absolute atomic E-state index is 10.9. The number of carbonyl (C=O) groups excluding carboxylic acids is 1. The van der Waals surface area contributed by atoms with Crippen molar-refractivity contribution < 1.29 is 10.0 Å². The van der Waals surface area contributed by atoms with Crippen LogP contribution in [0, 0.1) is 0 Å². The molecule has 1 atom stereocenters. The molecule has 7 nitrogen and oxygen atoms in total. The Morgan fingerprint density at radius 1 is 1.38 bits per heavy atom. The van der Waals surface area contributed by atoms with E-state index in [0.29, 0.717) is 17.6 Å². The molecule has 0 spiro atoms. The Hall–Kier alpha value is -2.48. The van der Waals surface area contributed by atoms with Crippen LogP contribution in [-0.2, 0) is 11.3 Å². The van der Waals surface area contributed by atoms with Gasteiger partial charge in [-0.15, -0.1) is 0 Å². The largest absolute Gasteiger partial charge is 0.365 e. The highest BCUT2D eigenvalue weighted by atomic mass is 35.5. The fourth-order valence-electron chi connectivity index (χ4n) is 2.89. The lowest BCUT2D eigenvalue weighted by molar-refractivity contribution is -0.124. The molecule has 0 saturated carbocycles. The number of amides is 1. The summed E-state index contributed by atoms with van der Waals surface area (Å²) in [6.07, 6.45) is 6.89. The Labute approximate surface area is 156 Å². The summed E-state index contributed by atoms with van der Waals surface area (Å²) in [7, 11) is 0. The van der Waals surface area contributed by atoms with Crippen LogP contribution in [0.2, 0.25) is 5.02 Å². The third-order valence-electron chi connectivity index (χ3n) is 4.11. The van der Waals surface area contributed by atoms with Crippen molar-refractivity contribution in [2.75, 3.05) is 18.4 Å². The Morgan fingerprint density at radius 2 is 2.27 bits per heavy atom. The zero-order valence-electron chi connectivity index (χ0n) is 14.1. The molecule has 8 heteroatoms. The second kappa shape index (κ2) is 8.75. The molecule has 0 unspecified atom stereocenters. The molecule has 1 aliphatic heterocycles. The van der Waals surface area contributed by atoms with Gasteiger partial charge in [0.15, 0.2) is 0 Å². The van der Waals surface area contributed by atoms with Gasteiger partial charge in [-0.05, 0) is 30.2 Å². The zero-order valence-corrected chi connectivity index (χ0v) is 14.9. The van der Waals surface area contributed by atoms with Gasteiger partial charge in [0.05, 0.1) is 18.1 Å². The summed E-state index contributed by atoms with van der Waals surface area (Å²) in [6, 6.07) is 8.25. The number of nitrogens with zero attached hydrogens (tertiary/aromatic N) is 3. The number of nitrogens with one attached hydrogen (secondary N) is 2. The first-order valence-electron chi connectivity index (χ1n) is 8.30. The van der Waals surface area contributed by atoms with Crippen molar-refractivity contribution in [3.05, 3.63) is 59.0 Å². The maximum atomic E-state index is 10.9. The number of hydrogen-bond acceptors (Lipinski definition) is 6. The number of hydrogen-bond donors (Lipinski definition) is 3. The summed E-state index contributed by atoms with van der Waals surface area (Å²) in [5.74, 6) is 0.0862. The van der Waals surface area contributed by atoms with Crippen LogP contribution >= 0.6 is 11.6 Å². The van der Waals surface area contributed by atoms with Gasteiger partial charge in [-0.2, -0.15) is 0 Å². The lowest BCUT2D eigenvalue weighted by atomic mass is 10.2. The van der Waals surface area contributed by atoms with Crippen LogP contribution in [0.3, 0.4) is 0 Å². The minimum atomic E-state index is -0.611. The highest BCUT2D eigenvalue weighted by molar-refractivity contribution is 6.30. The summed E-state index contributed by atoms with van der Waals surface area (Å²) in [6.45, 7) is 2.81. The SMILES string of the molecule is O=C(/C=C/c1cnc(N[C@@H]2CCN(Cc3cccc(Cl)c3)C2)cn1)NO. The van der Waals surface area contributed by atoms with E-state index in [0.717, 1.165) is 31.1 Å². The quantitative estimate of drug-likeness (QED) is 0.409. The molecular formula is C18H20ClN5O2. The molecule has 2 aromatic rings. The Kier molecular flexibility index (Phi) is 6.17. The van der Waals surface area contributed by atoms with Crippen molar-refractivity contribution in [3.8, 4) is 0 Å². The maximum Gasteiger partial charge on any atom is 0.267 e. The van der Waals surface area contributed by atoms with Crippen LogP contribution in [0.1, 0.15) is 17.7 Å². The topological polar surface area (TPSA) is 90.4 Å². The number of halogens is 1. The van der Waals surface area contributed by atoms with Gasteiger partial charge in [-0.25, -0.2) is 10.5 Å². The summed E-state index contributed by atoms with van der Waals surface area (Å²) in [5.41, 5.74) is 3.27. The second-order valence-electron chi connectivity index (χ2n) is 6.13. The smallest absolute Gasteiger partial charge is 0.267 e. The van der Waals surface area contributed by atoms with E-state index in [4.69, 9.17) is 16.8 Å². The molecule has 1 saturated heterocycles. The van der Waals surface area contributed by atoms with E-state index in [1.54, 1.807) is 12.4 Å². The molecule has 1 amide bonds. The number of anilines is 1. The molecular weight excluding hydrogens is 354 g/mol. The van der Waals surface area contributed by atoms with Crippen LogP contribution in [-0.4, -0.2) is 45.1 Å². The average molecular weight is 374 g/mol. The molecule has 0 bridgehead atoms. The summed E-state index contributed by atoms with van der Waals surface area (Å²) in [4.78, 5) is 21.9. The third-order valence-corrected chi connectivity index (χ3v) is 4.34. The van der Waals surface area contributed by atoms with Gasteiger partial charge >= 0.3 is 0 Å². The highest BCUT2D eigenvalue weighted by Crippen LogP contribution is 2.18. The number of rotatable bonds is 6. The van der Waals surface area contributed by atoms with E-state index in [9.17, 15) is 4.79 Å². The van der Waals surface area contributed by atoms with Crippen molar-refractivity contribution in [2.45, 2.75) is 19.0 Å². The van der Waals surface area contributed by atoms with Crippen LogP contribution < -0.4 is 10.8 Å². The molecule has 1 aromatic heterocycles. The Bertz CT molecular complexity index is 781. The van der Waals surface area contributed by atoms with Crippen LogP contribution in [0.4, 0.5) is 5.82 Å². The van der Waals surface area contributed by atoms with Gasteiger partial charge < -0.3 is 5.32 Å². The van der Waals surface area contributed by atoms with Gasteiger partial charge in [-0.1, -0.05) is 23.7 Å². The van der Waals surface area contributed by atoms with Gasteiger partial charge in [0, 0.05) is 36.8 Å². The molecule has 0 aliphatic carbocycles. The number of likely N-dealkylation sites (tertiary alicyclic amines) is 1. The second-order valence-corrected chi connectivity index (χ2v) is 6.57. The Balaban J connectivity index is 1.50. The molecule has 3 rings (SSSR count). The number of benzene rings is 1. The van der Waals surface area contributed by atoms with Crippen molar-refractivity contribution >= 4 is 29.4 Å². The highest BCUT2D eigenvalue weighted by Gasteiger charge is 2.22. The molecule has 3 N–H and O–H groups in total. The van der Waals surface area contributed by atoms with Crippen LogP contribution in [0.15, 0.2) is 42.7 Å². The van der Waals surface area contributed by atoms with Crippen molar-refractivity contribution in [2.24, 2.45) is 0 Å². The molecule has 2 heterocycles. The van der Waals surface area contributed by atoms with E-state index in [1.807, 2.05) is 18.2 Å². The summed E-state index contributed by atoms with van der Waals surface area (Å²) < 4.78 is 0. The zero-order chi connectivity index (χ0) is 18.4. The third kappa shape index (κ3) is 5.26. The van der Waals surface area contributed by atoms with E-state index in [-0.39, 0.29) is 0 Å². The number of hydroxylamine groups is 1. The van der Waals surface area contributed by atoms with E-state index < -0.39 is 5.91 Å². The van der Waals surface area contributed by atoms with Gasteiger partial charge in [0.1, 0.15) is 5.82 Å². The fourth-order valence-corrected chi connectivity index (χ4v) is 3.11. The minimum absolute atomic E-state index is 0.310. The van der Waals surface area contributed by atoms with E-state index in [2.05, 4.69) is 26.3 Å². The predicted octanol–water partition coefficient (Wildman–Crippen LogP) is 2.33. The Morgan fingerprint density at radius 3 is 3.00 bits per heavy atom. The standard InChI is InChI=1S/C18H20ClN5O2/c19-14-3-1-2-13(8-14)11-24-7-6-16(12-24)22-17-10-20-15(9-21-17)4-5-18(25)23-26/h1-5,8-10,16,26H,6-7,11-12H2,(H,21,22)(H,23,25)/b5-4+/t16-/m1/s1. The first-order chi connectivity index (χ1) is 12.6. The molecule has 1 aliphatic rings. The lowest BCUT2D eigenvalue weighted by Gasteiger charge is -2.17. The molecule has 26 heavy (non-hydrogen) atoms. The monoisotopic (exact) mass is 373 g/mol. The molecule has 1 fully saturated rings. The van der Waals surface area contributed by atoms with Gasteiger partial charge in [-0.3, -0.25) is 19.9 Å². The molecule has 1 aromatic carbocycles. The van der Waals surface area contributed by atoms with Crippen molar-refractivity contribution in [1.82, 2.24) is 20.3 Å². The predicted molar refractivity (Wildman–Crippen MR) is 99.8 cm³/mol. The normalized spacial score (nSPS) is 17.5. The van der Waals surface area contributed by atoms with Gasteiger partial charge in [0.2, 0.25) is 0 Å². The number of aromatic nitrogens is 2. The first kappa shape index (κ1) is 18.3. The molecule has 0 radical (unpaired) electrons. The fraction of sp³-hybridized carbons (Fsp3) is 0.278. The van der Waals surface area contributed by atoms with E-state index >= 15 is 0 Å². The average Bonchev–Trinajstić information content (AvgIpc) is 3.07. The van der Waals surface area contributed by atoms with Crippen molar-refractivity contribution in [1.29, 1.82) is 0 Å².